The van der Waals surface area contributed by atoms with Crippen LogP contribution in [0.1, 0.15) is 24.5 Å². The lowest BCUT2D eigenvalue weighted by atomic mass is 9.91. The van der Waals surface area contributed by atoms with E-state index in [-0.39, 0.29) is 11.8 Å². The Hall–Kier alpha value is -2.51. The molecule has 0 radical (unpaired) electrons. The Labute approximate surface area is 171 Å². The van der Waals surface area contributed by atoms with Crippen molar-refractivity contribution in [3.8, 4) is 17.0 Å². The summed E-state index contributed by atoms with van der Waals surface area (Å²) >= 11 is 0. The Kier molecular flexibility index (Phi) is 6.36. The molecule has 0 bridgehead atoms. The van der Waals surface area contributed by atoms with E-state index in [1.165, 1.54) is 0 Å². The van der Waals surface area contributed by atoms with Crippen LogP contribution in [0.15, 0.2) is 36.7 Å². The van der Waals surface area contributed by atoms with Crippen molar-refractivity contribution in [3.05, 3.63) is 42.4 Å². The summed E-state index contributed by atoms with van der Waals surface area (Å²) in [4.78, 5) is 26.2. The number of benzene rings is 1. The van der Waals surface area contributed by atoms with Gasteiger partial charge in [-0.05, 0) is 31.5 Å². The maximum atomic E-state index is 12.7. The molecule has 29 heavy (non-hydrogen) atoms. The van der Waals surface area contributed by atoms with Crippen LogP contribution in [-0.2, 0) is 9.53 Å². The number of morpholine rings is 1. The molecule has 0 saturated carbocycles. The minimum Gasteiger partial charge on any atom is -0.497 e. The second-order valence-corrected chi connectivity index (χ2v) is 7.59. The van der Waals surface area contributed by atoms with Crippen molar-refractivity contribution in [1.29, 1.82) is 0 Å². The molecule has 1 atom stereocenters. The van der Waals surface area contributed by atoms with Crippen LogP contribution < -0.4 is 4.74 Å². The van der Waals surface area contributed by atoms with Crippen molar-refractivity contribution in [3.63, 3.8) is 0 Å². The summed E-state index contributed by atoms with van der Waals surface area (Å²) < 4.78 is 10.7. The van der Waals surface area contributed by atoms with Gasteiger partial charge in [0.25, 0.3) is 0 Å². The molecule has 4 rings (SSSR count). The monoisotopic (exact) mass is 396 g/mol. The zero-order valence-corrected chi connectivity index (χ0v) is 16.9. The van der Waals surface area contributed by atoms with Gasteiger partial charge >= 0.3 is 0 Å². The van der Waals surface area contributed by atoms with E-state index in [1.54, 1.807) is 19.5 Å². The van der Waals surface area contributed by atoms with Crippen LogP contribution in [0, 0.1) is 0 Å². The maximum absolute atomic E-state index is 12.7. The zero-order valence-electron chi connectivity index (χ0n) is 16.9. The largest absolute Gasteiger partial charge is 0.497 e. The van der Waals surface area contributed by atoms with Gasteiger partial charge in [-0.1, -0.05) is 12.1 Å². The Balaban J connectivity index is 1.49. The Morgan fingerprint density at radius 3 is 2.86 bits per heavy atom. The number of ether oxygens (including phenoxy) is 2. The molecule has 7 heteroatoms. The summed E-state index contributed by atoms with van der Waals surface area (Å²) in [6.07, 6.45) is 5.60. The number of aromatic nitrogens is 2. The van der Waals surface area contributed by atoms with E-state index in [2.05, 4.69) is 9.88 Å². The van der Waals surface area contributed by atoms with E-state index >= 15 is 0 Å². The number of piperidine rings is 1. The fourth-order valence-electron chi connectivity index (χ4n) is 4.17. The van der Waals surface area contributed by atoms with Crippen LogP contribution >= 0.6 is 0 Å². The molecule has 0 aliphatic carbocycles. The predicted molar refractivity (Wildman–Crippen MR) is 110 cm³/mol. The zero-order chi connectivity index (χ0) is 20.1. The lowest BCUT2D eigenvalue weighted by Gasteiger charge is -2.34. The number of hydrogen-bond acceptors (Lipinski definition) is 6. The first-order chi connectivity index (χ1) is 14.2. The predicted octanol–water partition coefficient (Wildman–Crippen LogP) is 2.19. The topological polar surface area (TPSA) is 67.8 Å². The number of likely N-dealkylation sites (tertiary alicyclic amines) is 1. The summed E-state index contributed by atoms with van der Waals surface area (Å²) in [5.74, 6) is 1.26. The van der Waals surface area contributed by atoms with Crippen LogP contribution in [0.3, 0.4) is 0 Å². The SMILES string of the molecule is COc1cccc(-c2nccnc2C2CCCN(CC(=O)N3CCOCC3)C2)c1. The highest BCUT2D eigenvalue weighted by molar-refractivity contribution is 5.78. The van der Waals surface area contributed by atoms with E-state index in [4.69, 9.17) is 14.5 Å². The fourth-order valence-corrected chi connectivity index (χ4v) is 4.17. The molecule has 3 heterocycles. The highest BCUT2D eigenvalue weighted by Gasteiger charge is 2.28. The first-order valence-corrected chi connectivity index (χ1v) is 10.3. The summed E-state index contributed by atoms with van der Waals surface area (Å²) in [6.45, 7) is 4.90. The number of methoxy groups -OCH3 is 1. The molecule has 1 unspecified atom stereocenters. The third kappa shape index (κ3) is 4.74. The quantitative estimate of drug-likeness (QED) is 0.772. The first-order valence-electron chi connectivity index (χ1n) is 10.3. The lowest BCUT2D eigenvalue weighted by Crippen LogP contribution is -2.47. The summed E-state index contributed by atoms with van der Waals surface area (Å²) in [7, 11) is 1.67. The van der Waals surface area contributed by atoms with E-state index in [0.29, 0.717) is 32.8 Å². The Morgan fingerprint density at radius 1 is 1.21 bits per heavy atom. The molecule has 1 amide bonds. The normalized spacial score (nSPS) is 20.4. The van der Waals surface area contributed by atoms with Crippen molar-refractivity contribution < 1.29 is 14.3 Å². The molecule has 154 valence electrons. The molecule has 7 nitrogen and oxygen atoms in total. The highest BCUT2D eigenvalue weighted by atomic mass is 16.5. The van der Waals surface area contributed by atoms with Gasteiger partial charge in [0.1, 0.15) is 5.75 Å². The van der Waals surface area contributed by atoms with Crippen molar-refractivity contribution in [2.75, 3.05) is 53.0 Å². The average molecular weight is 396 g/mol. The van der Waals surface area contributed by atoms with Gasteiger partial charge in [-0.2, -0.15) is 0 Å². The minimum absolute atomic E-state index is 0.195. The summed E-state index contributed by atoms with van der Waals surface area (Å²) in [5.41, 5.74) is 2.91. The highest BCUT2D eigenvalue weighted by Crippen LogP contribution is 2.32. The van der Waals surface area contributed by atoms with Crippen LogP contribution in [-0.4, -0.2) is 78.7 Å². The maximum Gasteiger partial charge on any atom is 0.236 e. The summed E-state index contributed by atoms with van der Waals surface area (Å²) in [6, 6.07) is 7.94. The number of amides is 1. The molecule has 1 aromatic heterocycles. The van der Waals surface area contributed by atoms with Gasteiger partial charge in [-0.15, -0.1) is 0 Å². The van der Waals surface area contributed by atoms with Crippen molar-refractivity contribution >= 4 is 5.91 Å². The third-order valence-corrected chi connectivity index (χ3v) is 5.68. The number of hydrogen-bond donors (Lipinski definition) is 0. The van der Waals surface area contributed by atoms with Gasteiger partial charge in [-0.25, -0.2) is 0 Å². The van der Waals surface area contributed by atoms with Crippen LogP contribution in [0.25, 0.3) is 11.3 Å². The smallest absolute Gasteiger partial charge is 0.236 e. The molecule has 2 fully saturated rings. The van der Waals surface area contributed by atoms with Crippen LogP contribution in [0.2, 0.25) is 0 Å². The van der Waals surface area contributed by atoms with Crippen LogP contribution in [0.5, 0.6) is 5.75 Å². The standard InChI is InChI=1S/C22H28N4O3/c1-28-19-6-2-4-17(14-19)21-22(24-8-7-23-21)18-5-3-9-25(15-18)16-20(27)26-10-12-29-13-11-26/h2,4,6-8,14,18H,3,5,9-13,15-16H2,1H3. The third-order valence-electron chi connectivity index (χ3n) is 5.68. The number of carbonyl (C=O) groups is 1. The number of nitrogens with zero attached hydrogens (tertiary/aromatic N) is 4. The van der Waals surface area contributed by atoms with Gasteiger partial charge in [0.15, 0.2) is 0 Å². The van der Waals surface area contributed by atoms with E-state index in [1.807, 2.05) is 29.2 Å². The van der Waals surface area contributed by atoms with E-state index in [9.17, 15) is 4.79 Å². The van der Waals surface area contributed by atoms with Crippen LogP contribution in [0.4, 0.5) is 0 Å². The molecule has 2 aromatic rings. The number of carbonyl (C=O) groups excluding carboxylic acids is 1. The molecule has 0 spiro atoms. The fraction of sp³-hybridized carbons (Fsp3) is 0.500. The molecule has 2 saturated heterocycles. The van der Waals surface area contributed by atoms with Gasteiger partial charge in [0, 0.05) is 43.5 Å². The molecule has 2 aliphatic rings. The molecular weight excluding hydrogens is 368 g/mol. The second kappa shape index (κ2) is 9.33. The van der Waals surface area contributed by atoms with Gasteiger partial charge < -0.3 is 14.4 Å². The molecule has 1 aromatic carbocycles. The first kappa shape index (κ1) is 19.8. The van der Waals surface area contributed by atoms with Crippen molar-refractivity contribution in [2.45, 2.75) is 18.8 Å². The van der Waals surface area contributed by atoms with E-state index in [0.717, 1.165) is 48.6 Å². The van der Waals surface area contributed by atoms with Crippen molar-refractivity contribution in [1.82, 2.24) is 19.8 Å². The molecular formula is C22H28N4O3. The van der Waals surface area contributed by atoms with Gasteiger partial charge in [0.05, 0.1) is 38.3 Å². The lowest BCUT2D eigenvalue weighted by molar-refractivity contribution is -0.136. The van der Waals surface area contributed by atoms with Gasteiger partial charge in [-0.3, -0.25) is 19.7 Å². The van der Waals surface area contributed by atoms with Gasteiger partial charge in [0.2, 0.25) is 5.91 Å². The minimum atomic E-state index is 0.195. The Bertz CT molecular complexity index is 838. The molecule has 2 aliphatic heterocycles. The summed E-state index contributed by atoms with van der Waals surface area (Å²) in [5, 5.41) is 0. The average Bonchev–Trinajstić information content (AvgIpc) is 2.80. The van der Waals surface area contributed by atoms with Crippen molar-refractivity contribution in [2.24, 2.45) is 0 Å². The second-order valence-electron chi connectivity index (χ2n) is 7.59. The van der Waals surface area contributed by atoms with E-state index < -0.39 is 0 Å². The number of rotatable bonds is 5. The Morgan fingerprint density at radius 2 is 2.03 bits per heavy atom. The molecule has 0 N–H and O–H groups in total.